The lowest BCUT2D eigenvalue weighted by Crippen LogP contribution is -1.85. The number of halogens is 2. The van der Waals surface area contributed by atoms with Gasteiger partial charge in [-0.15, -0.1) is 11.3 Å². The van der Waals surface area contributed by atoms with Crippen LogP contribution in [-0.2, 0) is 0 Å². The zero-order valence-corrected chi connectivity index (χ0v) is 12.6. The third-order valence-electron chi connectivity index (χ3n) is 2.36. The van der Waals surface area contributed by atoms with Gasteiger partial charge in [0.15, 0.2) is 0 Å². The molecule has 90 valence electrons. The van der Waals surface area contributed by atoms with Crippen molar-refractivity contribution in [3.05, 3.63) is 50.4 Å². The first-order valence-corrected chi connectivity index (χ1v) is 7.09. The van der Waals surface area contributed by atoms with Crippen molar-refractivity contribution in [2.45, 2.75) is 6.92 Å². The van der Waals surface area contributed by atoms with E-state index >= 15 is 0 Å². The van der Waals surface area contributed by atoms with Gasteiger partial charge in [0, 0.05) is 22.8 Å². The molecule has 2 aromatic rings. The summed E-state index contributed by atoms with van der Waals surface area (Å²) in [6.45, 7) is 1.99. The van der Waals surface area contributed by atoms with Gasteiger partial charge >= 0.3 is 0 Å². The van der Waals surface area contributed by atoms with Crippen molar-refractivity contribution in [1.82, 2.24) is 4.98 Å². The van der Waals surface area contributed by atoms with Crippen LogP contribution >= 0.6 is 38.9 Å². The predicted molar refractivity (Wildman–Crippen MR) is 79.3 cm³/mol. The van der Waals surface area contributed by atoms with Crippen molar-refractivity contribution in [2.24, 2.45) is 0 Å². The molecule has 0 saturated heterocycles. The number of pyridine rings is 1. The van der Waals surface area contributed by atoms with Crippen LogP contribution in [0.3, 0.4) is 0 Å². The highest BCUT2D eigenvalue weighted by Gasteiger charge is 2.13. The average Bonchev–Trinajstić information content (AvgIpc) is 2.72. The van der Waals surface area contributed by atoms with Crippen molar-refractivity contribution >= 4 is 49.5 Å². The maximum absolute atomic E-state index is 9.26. The molecular formula is C13H8BrClN2S. The van der Waals surface area contributed by atoms with Gasteiger partial charge in [-0.1, -0.05) is 17.7 Å². The van der Waals surface area contributed by atoms with E-state index in [-0.39, 0.29) is 0 Å². The van der Waals surface area contributed by atoms with E-state index in [1.807, 2.05) is 19.1 Å². The normalized spacial score (nSPS) is 11.9. The van der Waals surface area contributed by atoms with E-state index in [0.717, 1.165) is 19.8 Å². The summed E-state index contributed by atoms with van der Waals surface area (Å²) in [5.41, 5.74) is 2.28. The number of allylic oxidation sites excluding steroid dienone is 1. The molecule has 0 amide bonds. The molecule has 0 N–H and O–H groups in total. The lowest BCUT2D eigenvalue weighted by Gasteiger charge is -2.01. The Bertz CT molecular complexity index is 621. The molecule has 5 heteroatoms. The summed E-state index contributed by atoms with van der Waals surface area (Å²) < 4.78 is 1.03. The quantitative estimate of drug-likeness (QED) is 0.734. The lowest BCUT2D eigenvalue weighted by molar-refractivity contribution is 1.31. The molecular weight excluding hydrogens is 332 g/mol. The molecule has 0 aliphatic carbocycles. The van der Waals surface area contributed by atoms with E-state index in [1.54, 1.807) is 18.5 Å². The number of thiophene rings is 1. The number of aromatic nitrogens is 1. The Hall–Kier alpha value is -1.15. The second-order valence-electron chi connectivity index (χ2n) is 3.61. The highest BCUT2D eigenvalue weighted by Crippen LogP contribution is 2.37. The van der Waals surface area contributed by atoms with Crippen LogP contribution in [0.4, 0.5) is 0 Å². The summed E-state index contributed by atoms with van der Waals surface area (Å²) in [6.07, 6.45) is 3.30. The molecule has 0 aromatic carbocycles. The van der Waals surface area contributed by atoms with Gasteiger partial charge in [0.1, 0.15) is 6.07 Å². The van der Waals surface area contributed by atoms with E-state index in [9.17, 15) is 5.26 Å². The van der Waals surface area contributed by atoms with Gasteiger partial charge in [-0.3, -0.25) is 4.98 Å². The molecule has 2 nitrogen and oxygen atoms in total. The summed E-state index contributed by atoms with van der Waals surface area (Å²) in [5, 5.41) is 9.72. The van der Waals surface area contributed by atoms with Crippen molar-refractivity contribution in [1.29, 1.82) is 5.26 Å². The molecule has 0 spiro atoms. The minimum atomic E-state index is 0.443. The maximum atomic E-state index is 9.26. The first-order chi connectivity index (χ1) is 8.63. The van der Waals surface area contributed by atoms with Gasteiger partial charge < -0.3 is 0 Å². The van der Waals surface area contributed by atoms with Crippen LogP contribution < -0.4 is 0 Å². The highest BCUT2D eigenvalue weighted by molar-refractivity contribution is 9.11. The average molecular weight is 340 g/mol. The Labute approximate surface area is 123 Å². The molecule has 0 saturated carbocycles. The second kappa shape index (κ2) is 5.66. The summed E-state index contributed by atoms with van der Waals surface area (Å²) in [4.78, 5) is 4.88. The monoisotopic (exact) mass is 338 g/mol. The number of nitriles is 1. The van der Waals surface area contributed by atoms with Crippen molar-refractivity contribution < 1.29 is 0 Å². The van der Waals surface area contributed by atoms with Gasteiger partial charge in [0.05, 0.1) is 14.4 Å². The van der Waals surface area contributed by atoms with Gasteiger partial charge in [0.2, 0.25) is 0 Å². The Morgan fingerprint density at radius 2 is 2.33 bits per heavy atom. The van der Waals surface area contributed by atoms with E-state index < -0.39 is 0 Å². The van der Waals surface area contributed by atoms with Crippen molar-refractivity contribution in [3.63, 3.8) is 0 Å². The third-order valence-corrected chi connectivity index (χ3v) is 5.01. The van der Waals surface area contributed by atoms with E-state index in [4.69, 9.17) is 11.6 Å². The zero-order chi connectivity index (χ0) is 13.1. The number of hydrogen-bond acceptors (Lipinski definition) is 3. The van der Waals surface area contributed by atoms with Crippen LogP contribution in [0.5, 0.6) is 0 Å². The molecule has 0 unspecified atom stereocenters. The number of hydrogen-bond donors (Lipinski definition) is 0. The molecule has 18 heavy (non-hydrogen) atoms. The largest absolute Gasteiger partial charge is 0.264 e. The molecule has 2 heterocycles. The lowest BCUT2D eigenvalue weighted by atomic mass is 10.1. The van der Waals surface area contributed by atoms with Crippen molar-refractivity contribution in [2.75, 3.05) is 0 Å². The Kier molecular flexibility index (Phi) is 4.18. The maximum Gasteiger partial charge on any atom is 0.101 e. The minimum Gasteiger partial charge on any atom is -0.264 e. The van der Waals surface area contributed by atoms with Crippen LogP contribution in [0.2, 0.25) is 0 Å². The summed E-state index contributed by atoms with van der Waals surface area (Å²) in [7, 11) is 0. The predicted octanol–water partition coefficient (Wildman–Crippen LogP) is 4.84. The fraction of sp³-hybridized carbons (Fsp3) is 0.0769. The Morgan fingerprint density at radius 3 is 2.83 bits per heavy atom. The molecule has 2 aromatic heterocycles. The van der Waals surface area contributed by atoms with Crippen LogP contribution in [0, 0.1) is 18.3 Å². The summed E-state index contributed by atoms with van der Waals surface area (Å²) in [5.74, 6) is 0. The van der Waals surface area contributed by atoms with E-state index in [2.05, 4.69) is 27.0 Å². The van der Waals surface area contributed by atoms with Crippen LogP contribution in [0.15, 0.2) is 34.4 Å². The Balaban J connectivity index is 2.55. The fourth-order valence-corrected chi connectivity index (χ4v) is 3.24. The molecule has 0 atom stereocenters. The van der Waals surface area contributed by atoms with Gasteiger partial charge in [0.25, 0.3) is 0 Å². The number of nitrogens with zero attached hydrogens (tertiary/aromatic N) is 2. The van der Waals surface area contributed by atoms with E-state index in [0.29, 0.717) is 10.6 Å². The smallest absolute Gasteiger partial charge is 0.101 e. The first-order valence-electron chi connectivity index (χ1n) is 5.10. The molecule has 0 aliphatic heterocycles. The Morgan fingerprint density at radius 1 is 1.56 bits per heavy atom. The molecule has 0 radical (unpaired) electrons. The van der Waals surface area contributed by atoms with Gasteiger partial charge in [-0.25, -0.2) is 0 Å². The molecule has 0 aliphatic rings. The third kappa shape index (κ3) is 2.64. The summed E-state index contributed by atoms with van der Waals surface area (Å²) in [6, 6.07) is 7.71. The topological polar surface area (TPSA) is 36.7 Å². The van der Waals surface area contributed by atoms with E-state index in [1.165, 1.54) is 11.3 Å². The standard InChI is InChI=1S/C13H8BrClN2S/c1-8-5-11(18-13(8)14)12(15)10(6-16)9-3-2-4-17-7-9/h2-5,7H,1H3/b12-10+. The number of rotatable bonds is 2. The first kappa shape index (κ1) is 13.3. The van der Waals surface area contributed by atoms with Crippen LogP contribution in [0.25, 0.3) is 10.6 Å². The number of aryl methyl sites for hydroxylation is 1. The zero-order valence-electron chi connectivity index (χ0n) is 9.45. The van der Waals surface area contributed by atoms with Crippen LogP contribution in [0.1, 0.15) is 16.0 Å². The van der Waals surface area contributed by atoms with Crippen LogP contribution in [-0.4, -0.2) is 4.98 Å². The molecule has 0 bridgehead atoms. The van der Waals surface area contributed by atoms with Crippen molar-refractivity contribution in [3.8, 4) is 6.07 Å². The fourth-order valence-electron chi connectivity index (χ4n) is 1.44. The SMILES string of the molecule is Cc1cc(/C(Cl)=C(/C#N)c2cccnc2)sc1Br. The molecule has 2 rings (SSSR count). The minimum absolute atomic E-state index is 0.443. The summed E-state index contributed by atoms with van der Waals surface area (Å²) >= 11 is 11.3. The van der Waals surface area contributed by atoms with Gasteiger partial charge in [-0.2, -0.15) is 5.26 Å². The molecule has 0 fully saturated rings. The highest BCUT2D eigenvalue weighted by atomic mass is 79.9. The van der Waals surface area contributed by atoms with Gasteiger partial charge in [-0.05, 0) is 40.5 Å². The second-order valence-corrected chi connectivity index (χ2v) is 6.36.